The Morgan fingerprint density at radius 1 is 1.50 bits per heavy atom. The number of hydrogen-bond acceptors (Lipinski definition) is 3. The molecule has 1 fully saturated rings. The lowest BCUT2D eigenvalue weighted by Gasteiger charge is -2.03. The Balaban J connectivity index is 2.17. The minimum Gasteiger partial charge on any atom is -0.301 e. The zero-order valence-corrected chi connectivity index (χ0v) is 5.88. The molecule has 0 aliphatic heterocycles. The van der Waals surface area contributed by atoms with Crippen molar-refractivity contribution < 1.29 is 14.9 Å². The fourth-order valence-electron chi connectivity index (χ4n) is 1.49. The van der Waals surface area contributed by atoms with Crippen LogP contribution < -0.4 is 0 Å². The topological polar surface area (TPSA) is 46.5 Å². The standard InChI is InChI=1S/C7H12O3/c8-7(10-9)5-6-3-1-2-4-6/h6,9H,1-5H2. The molecule has 1 aliphatic carbocycles. The van der Waals surface area contributed by atoms with Gasteiger partial charge in [-0.05, 0) is 18.8 Å². The van der Waals surface area contributed by atoms with E-state index in [1.54, 1.807) is 0 Å². The Morgan fingerprint density at radius 3 is 2.60 bits per heavy atom. The van der Waals surface area contributed by atoms with Crippen LogP contribution in [0.3, 0.4) is 0 Å². The second-order valence-corrected chi connectivity index (χ2v) is 2.82. The average molecular weight is 144 g/mol. The molecule has 3 heteroatoms. The van der Waals surface area contributed by atoms with Gasteiger partial charge < -0.3 is 4.89 Å². The third-order valence-corrected chi connectivity index (χ3v) is 2.03. The molecule has 0 aromatic heterocycles. The highest BCUT2D eigenvalue weighted by Gasteiger charge is 2.18. The molecule has 1 rings (SSSR count). The molecule has 3 nitrogen and oxygen atoms in total. The highest BCUT2D eigenvalue weighted by atomic mass is 17.1. The van der Waals surface area contributed by atoms with Gasteiger partial charge in [0.1, 0.15) is 0 Å². The van der Waals surface area contributed by atoms with E-state index in [9.17, 15) is 4.79 Å². The summed E-state index contributed by atoms with van der Waals surface area (Å²) >= 11 is 0. The van der Waals surface area contributed by atoms with Gasteiger partial charge in [-0.2, -0.15) is 5.26 Å². The molecule has 0 atom stereocenters. The lowest BCUT2D eigenvalue weighted by atomic mass is 10.1. The van der Waals surface area contributed by atoms with Gasteiger partial charge >= 0.3 is 5.97 Å². The van der Waals surface area contributed by atoms with Crippen LogP contribution in [0.5, 0.6) is 0 Å². The summed E-state index contributed by atoms with van der Waals surface area (Å²) in [6.45, 7) is 0. The van der Waals surface area contributed by atoms with Crippen LogP contribution in [0.25, 0.3) is 0 Å². The molecule has 0 amide bonds. The molecular formula is C7H12O3. The first-order valence-electron chi connectivity index (χ1n) is 3.67. The number of carbonyl (C=O) groups excluding carboxylic acids is 1. The van der Waals surface area contributed by atoms with Gasteiger partial charge in [-0.3, -0.25) is 0 Å². The van der Waals surface area contributed by atoms with Crippen molar-refractivity contribution in [1.82, 2.24) is 0 Å². The van der Waals surface area contributed by atoms with Gasteiger partial charge in [-0.15, -0.1) is 0 Å². The van der Waals surface area contributed by atoms with Crippen molar-refractivity contribution in [2.75, 3.05) is 0 Å². The molecule has 58 valence electrons. The molecule has 10 heavy (non-hydrogen) atoms. The monoisotopic (exact) mass is 144 g/mol. The summed E-state index contributed by atoms with van der Waals surface area (Å²) in [5, 5.41) is 7.95. The van der Waals surface area contributed by atoms with Gasteiger partial charge in [-0.25, -0.2) is 4.79 Å². The van der Waals surface area contributed by atoms with Gasteiger partial charge in [0.05, 0.1) is 6.42 Å². The van der Waals surface area contributed by atoms with Crippen molar-refractivity contribution in [3.05, 3.63) is 0 Å². The van der Waals surface area contributed by atoms with E-state index in [0.717, 1.165) is 12.8 Å². The summed E-state index contributed by atoms with van der Waals surface area (Å²) in [5.74, 6) is -0.0356. The first kappa shape index (κ1) is 7.54. The highest BCUT2D eigenvalue weighted by molar-refractivity contribution is 5.68. The maximum absolute atomic E-state index is 10.5. The van der Waals surface area contributed by atoms with E-state index in [1.165, 1.54) is 12.8 Å². The summed E-state index contributed by atoms with van der Waals surface area (Å²) in [7, 11) is 0. The van der Waals surface area contributed by atoms with Gasteiger partial charge in [0.15, 0.2) is 0 Å². The summed E-state index contributed by atoms with van der Waals surface area (Å²) in [6, 6.07) is 0. The zero-order valence-electron chi connectivity index (χ0n) is 5.88. The van der Waals surface area contributed by atoms with E-state index >= 15 is 0 Å². The van der Waals surface area contributed by atoms with E-state index in [2.05, 4.69) is 4.89 Å². The van der Waals surface area contributed by atoms with Crippen LogP contribution in [-0.4, -0.2) is 11.2 Å². The average Bonchev–Trinajstić information content (AvgIpc) is 2.40. The van der Waals surface area contributed by atoms with Crippen LogP contribution in [0, 0.1) is 5.92 Å². The van der Waals surface area contributed by atoms with Gasteiger partial charge in [0.25, 0.3) is 0 Å². The Morgan fingerprint density at radius 2 is 2.10 bits per heavy atom. The zero-order chi connectivity index (χ0) is 7.40. The van der Waals surface area contributed by atoms with Gasteiger partial charge in [0.2, 0.25) is 0 Å². The minimum absolute atomic E-state index is 0.385. The second-order valence-electron chi connectivity index (χ2n) is 2.82. The number of hydrogen-bond donors (Lipinski definition) is 1. The third kappa shape index (κ3) is 1.99. The van der Waals surface area contributed by atoms with Crippen LogP contribution in [0.4, 0.5) is 0 Å². The molecule has 1 aliphatic rings. The maximum Gasteiger partial charge on any atom is 0.342 e. The van der Waals surface area contributed by atoms with E-state index in [-0.39, 0.29) is 0 Å². The van der Waals surface area contributed by atoms with Gasteiger partial charge in [0, 0.05) is 0 Å². The fraction of sp³-hybridized carbons (Fsp3) is 0.857. The summed E-state index contributed by atoms with van der Waals surface area (Å²) < 4.78 is 0. The molecule has 0 heterocycles. The predicted molar refractivity (Wildman–Crippen MR) is 35.3 cm³/mol. The van der Waals surface area contributed by atoms with Crippen LogP contribution >= 0.6 is 0 Å². The van der Waals surface area contributed by atoms with Crippen LogP contribution in [-0.2, 0) is 9.68 Å². The second kappa shape index (κ2) is 3.56. The van der Waals surface area contributed by atoms with Gasteiger partial charge in [-0.1, -0.05) is 12.8 Å². The molecule has 0 aromatic rings. The molecule has 0 spiro atoms. The van der Waals surface area contributed by atoms with Crippen molar-refractivity contribution >= 4 is 5.97 Å². The molecule has 0 saturated heterocycles. The smallest absolute Gasteiger partial charge is 0.301 e. The maximum atomic E-state index is 10.5. The first-order valence-corrected chi connectivity index (χ1v) is 3.67. The van der Waals surface area contributed by atoms with E-state index < -0.39 is 5.97 Å². The Kier molecular flexibility index (Phi) is 2.68. The van der Waals surface area contributed by atoms with E-state index in [0.29, 0.717) is 12.3 Å². The van der Waals surface area contributed by atoms with E-state index in [1.807, 2.05) is 0 Å². The Bertz CT molecular complexity index is 116. The molecule has 0 aromatic carbocycles. The highest BCUT2D eigenvalue weighted by Crippen LogP contribution is 2.27. The third-order valence-electron chi connectivity index (χ3n) is 2.03. The molecule has 1 N–H and O–H groups in total. The molecular weight excluding hydrogens is 132 g/mol. The minimum atomic E-state index is -0.494. The lowest BCUT2D eigenvalue weighted by molar-refractivity contribution is -0.235. The van der Waals surface area contributed by atoms with Crippen molar-refractivity contribution in [3.63, 3.8) is 0 Å². The van der Waals surface area contributed by atoms with Crippen molar-refractivity contribution in [1.29, 1.82) is 0 Å². The summed E-state index contributed by atoms with van der Waals surface area (Å²) in [5.41, 5.74) is 0. The predicted octanol–water partition coefficient (Wildman–Crippen LogP) is 1.58. The largest absolute Gasteiger partial charge is 0.342 e. The Hall–Kier alpha value is -0.570. The van der Waals surface area contributed by atoms with Crippen molar-refractivity contribution in [3.8, 4) is 0 Å². The molecule has 0 bridgehead atoms. The number of rotatable bonds is 2. The lowest BCUT2D eigenvalue weighted by Crippen LogP contribution is -2.06. The first-order chi connectivity index (χ1) is 4.83. The SMILES string of the molecule is O=C(CC1CCCC1)OO. The Labute approximate surface area is 59.9 Å². The van der Waals surface area contributed by atoms with E-state index in [4.69, 9.17) is 5.26 Å². The van der Waals surface area contributed by atoms with Crippen molar-refractivity contribution in [2.45, 2.75) is 32.1 Å². The van der Waals surface area contributed by atoms with Crippen molar-refractivity contribution in [2.24, 2.45) is 5.92 Å². The number of carbonyl (C=O) groups is 1. The van der Waals surface area contributed by atoms with Crippen LogP contribution in [0.2, 0.25) is 0 Å². The van der Waals surface area contributed by atoms with Crippen LogP contribution in [0.1, 0.15) is 32.1 Å². The molecule has 1 saturated carbocycles. The molecule has 0 radical (unpaired) electrons. The summed E-state index contributed by atoms with van der Waals surface area (Å²) in [4.78, 5) is 14.1. The van der Waals surface area contributed by atoms with Crippen LogP contribution in [0.15, 0.2) is 0 Å². The quantitative estimate of drug-likeness (QED) is 0.472. The summed E-state index contributed by atoms with van der Waals surface area (Å²) in [6.07, 6.45) is 5.02. The normalized spacial score (nSPS) is 19.3. The fourth-order valence-corrected chi connectivity index (χ4v) is 1.49. The molecule has 0 unspecified atom stereocenters.